The van der Waals surface area contributed by atoms with Gasteiger partial charge in [0.2, 0.25) is 0 Å². The van der Waals surface area contributed by atoms with Crippen LogP contribution in [0.25, 0.3) is 0 Å². The predicted octanol–water partition coefficient (Wildman–Crippen LogP) is 1.32. The molecule has 0 aliphatic carbocycles. The minimum Gasteiger partial charge on any atom is -0.389 e. The molecule has 0 amide bonds. The SMILES string of the molecule is Cc1ccccc1CC1(O)CCN(CCN)CC1. The van der Waals surface area contributed by atoms with E-state index < -0.39 is 5.60 Å². The zero-order valence-electron chi connectivity index (χ0n) is 11.2. The summed E-state index contributed by atoms with van der Waals surface area (Å²) in [6, 6.07) is 8.34. The Balaban J connectivity index is 1.96. The van der Waals surface area contributed by atoms with Crippen LogP contribution in [-0.2, 0) is 6.42 Å². The summed E-state index contributed by atoms with van der Waals surface area (Å²) in [4.78, 5) is 2.34. The van der Waals surface area contributed by atoms with Gasteiger partial charge in [-0.1, -0.05) is 24.3 Å². The minimum atomic E-state index is -0.531. The Morgan fingerprint density at radius 2 is 1.94 bits per heavy atom. The van der Waals surface area contributed by atoms with Gasteiger partial charge < -0.3 is 15.7 Å². The van der Waals surface area contributed by atoms with E-state index in [1.54, 1.807) is 0 Å². The summed E-state index contributed by atoms with van der Waals surface area (Å²) in [7, 11) is 0. The molecule has 0 aromatic heterocycles. The van der Waals surface area contributed by atoms with Gasteiger partial charge in [0, 0.05) is 32.6 Å². The molecule has 0 bridgehead atoms. The van der Waals surface area contributed by atoms with Crippen LogP contribution in [0.1, 0.15) is 24.0 Å². The number of benzene rings is 1. The highest BCUT2D eigenvalue weighted by atomic mass is 16.3. The Hall–Kier alpha value is -0.900. The summed E-state index contributed by atoms with van der Waals surface area (Å²) >= 11 is 0. The normalized spacial score (nSPS) is 19.9. The average Bonchev–Trinajstić information content (AvgIpc) is 2.36. The minimum absolute atomic E-state index is 0.531. The number of hydrogen-bond donors (Lipinski definition) is 2. The van der Waals surface area contributed by atoms with Gasteiger partial charge in [-0.2, -0.15) is 0 Å². The first kappa shape index (κ1) is 13.5. The predicted molar refractivity (Wildman–Crippen MR) is 74.6 cm³/mol. The molecule has 2 rings (SSSR count). The van der Waals surface area contributed by atoms with Crippen molar-refractivity contribution in [1.29, 1.82) is 0 Å². The number of rotatable bonds is 4. The molecular formula is C15H24N2O. The molecule has 3 nitrogen and oxygen atoms in total. The lowest BCUT2D eigenvalue weighted by Crippen LogP contribution is -2.46. The van der Waals surface area contributed by atoms with Crippen LogP contribution in [-0.4, -0.2) is 41.8 Å². The Kier molecular flexibility index (Phi) is 4.38. The third-order valence-electron chi connectivity index (χ3n) is 4.01. The molecule has 0 unspecified atom stereocenters. The molecule has 0 radical (unpaired) electrons. The highest BCUT2D eigenvalue weighted by molar-refractivity contribution is 5.27. The lowest BCUT2D eigenvalue weighted by atomic mass is 9.84. The summed E-state index contributed by atoms with van der Waals surface area (Å²) in [5.41, 5.74) is 7.58. The molecule has 1 aliphatic heterocycles. The van der Waals surface area contributed by atoms with E-state index in [0.717, 1.165) is 38.9 Å². The number of hydrogen-bond acceptors (Lipinski definition) is 3. The van der Waals surface area contributed by atoms with Gasteiger partial charge >= 0.3 is 0 Å². The van der Waals surface area contributed by atoms with Crippen molar-refractivity contribution < 1.29 is 5.11 Å². The molecule has 100 valence electrons. The Morgan fingerprint density at radius 3 is 2.56 bits per heavy atom. The maximum Gasteiger partial charge on any atom is 0.0712 e. The molecule has 1 saturated heterocycles. The van der Waals surface area contributed by atoms with E-state index in [-0.39, 0.29) is 0 Å². The van der Waals surface area contributed by atoms with Gasteiger partial charge in [0.05, 0.1) is 5.60 Å². The van der Waals surface area contributed by atoms with Gasteiger partial charge in [0.1, 0.15) is 0 Å². The third kappa shape index (κ3) is 3.31. The number of piperidine rings is 1. The van der Waals surface area contributed by atoms with Crippen molar-refractivity contribution >= 4 is 0 Å². The van der Waals surface area contributed by atoms with Crippen molar-refractivity contribution in [3.05, 3.63) is 35.4 Å². The van der Waals surface area contributed by atoms with E-state index in [1.807, 2.05) is 6.07 Å². The summed E-state index contributed by atoms with van der Waals surface area (Å²) < 4.78 is 0. The molecule has 3 N–H and O–H groups in total. The lowest BCUT2D eigenvalue weighted by Gasteiger charge is -2.38. The number of nitrogens with two attached hydrogens (primary N) is 1. The van der Waals surface area contributed by atoms with Crippen molar-refractivity contribution in [3.8, 4) is 0 Å². The third-order valence-corrected chi connectivity index (χ3v) is 4.01. The molecule has 1 aromatic rings. The van der Waals surface area contributed by atoms with Crippen LogP contribution in [0.4, 0.5) is 0 Å². The molecule has 1 aliphatic rings. The fourth-order valence-corrected chi connectivity index (χ4v) is 2.72. The van der Waals surface area contributed by atoms with Crippen LogP contribution in [0.3, 0.4) is 0 Å². The quantitative estimate of drug-likeness (QED) is 0.845. The molecule has 0 saturated carbocycles. The van der Waals surface area contributed by atoms with Crippen molar-refractivity contribution in [2.24, 2.45) is 5.73 Å². The van der Waals surface area contributed by atoms with Crippen LogP contribution >= 0.6 is 0 Å². The van der Waals surface area contributed by atoms with Gasteiger partial charge in [-0.05, 0) is 30.9 Å². The van der Waals surface area contributed by atoms with Crippen LogP contribution in [0, 0.1) is 6.92 Å². The number of likely N-dealkylation sites (tertiary alicyclic amines) is 1. The maximum atomic E-state index is 10.7. The first-order valence-corrected chi connectivity index (χ1v) is 6.82. The van der Waals surface area contributed by atoms with E-state index >= 15 is 0 Å². The second-order valence-electron chi connectivity index (χ2n) is 5.46. The zero-order valence-corrected chi connectivity index (χ0v) is 11.2. The monoisotopic (exact) mass is 248 g/mol. The highest BCUT2D eigenvalue weighted by Gasteiger charge is 2.32. The Labute approximate surface area is 110 Å². The number of nitrogens with zero attached hydrogens (tertiary/aromatic N) is 1. The first-order chi connectivity index (χ1) is 8.63. The van der Waals surface area contributed by atoms with E-state index in [9.17, 15) is 5.11 Å². The average molecular weight is 248 g/mol. The molecule has 18 heavy (non-hydrogen) atoms. The molecule has 1 fully saturated rings. The van der Waals surface area contributed by atoms with Crippen LogP contribution in [0.5, 0.6) is 0 Å². The van der Waals surface area contributed by atoms with Gasteiger partial charge in [-0.15, -0.1) is 0 Å². The second-order valence-corrected chi connectivity index (χ2v) is 5.46. The van der Waals surface area contributed by atoms with Gasteiger partial charge in [-0.3, -0.25) is 0 Å². The van der Waals surface area contributed by atoms with Gasteiger partial charge in [0.15, 0.2) is 0 Å². The molecular weight excluding hydrogens is 224 g/mol. The first-order valence-electron chi connectivity index (χ1n) is 6.82. The van der Waals surface area contributed by atoms with Crippen molar-refractivity contribution in [2.75, 3.05) is 26.2 Å². The van der Waals surface area contributed by atoms with E-state index in [2.05, 4.69) is 30.0 Å². The standard InChI is InChI=1S/C15H24N2O/c1-13-4-2-3-5-14(13)12-15(18)6-9-17(10-7-15)11-8-16/h2-5,18H,6-12,16H2,1H3. The smallest absolute Gasteiger partial charge is 0.0712 e. The van der Waals surface area contributed by atoms with Crippen molar-refractivity contribution in [3.63, 3.8) is 0 Å². The molecule has 1 heterocycles. The topological polar surface area (TPSA) is 49.5 Å². The fraction of sp³-hybridized carbons (Fsp3) is 0.600. The maximum absolute atomic E-state index is 10.7. The van der Waals surface area contributed by atoms with Gasteiger partial charge in [0.25, 0.3) is 0 Å². The largest absolute Gasteiger partial charge is 0.389 e. The highest BCUT2D eigenvalue weighted by Crippen LogP contribution is 2.27. The Bertz CT molecular complexity index is 384. The fourth-order valence-electron chi connectivity index (χ4n) is 2.72. The summed E-state index contributed by atoms with van der Waals surface area (Å²) in [6.07, 6.45) is 2.47. The van der Waals surface area contributed by atoms with E-state index in [1.165, 1.54) is 11.1 Å². The second kappa shape index (κ2) is 5.83. The molecule has 0 atom stereocenters. The van der Waals surface area contributed by atoms with Crippen LogP contribution in [0.15, 0.2) is 24.3 Å². The molecule has 0 spiro atoms. The number of aliphatic hydroxyl groups is 1. The van der Waals surface area contributed by atoms with E-state index in [4.69, 9.17) is 5.73 Å². The Morgan fingerprint density at radius 1 is 1.28 bits per heavy atom. The summed E-state index contributed by atoms with van der Waals surface area (Å²) in [5, 5.41) is 10.7. The number of aryl methyl sites for hydroxylation is 1. The summed E-state index contributed by atoms with van der Waals surface area (Å²) in [6.45, 7) is 5.68. The molecule has 1 aromatic carbocycles. The van der Waals surface area contributed by atoms with E-state index in [0.29, 0.717) is 6.54 Å². The van der Waals surface area contributed by atoms with Crippen molar-refractivity contribution in [1.82, 2.24) is 4.90 Å². The van der Waals surface area contributed by atoms with Crippen molar-refractivity contribution in [2.45, 2.75) is 31.8 Å². The van der Waals surface area contributed by atoms with Gasteiger partial charge in [-0.25, -0.2) is 0 Å². The lowest BCUT2D eigenvalue weighted by molar-refractivity contribution is -0.0199. The van der Waals surface area contributed by atoms with Crippen LogP contribution < -0.4 is 5.73 Å². The molecule has 3 heteroatoms. The zero-order chi connectivity index (χ0) is 13.0. The summed E-state index contributed by atoms with van der Waals surface area (Å²) in [5.74, 6) is 0. The van der Waals surface area contributed by atoms with Crippen LogP contribution in [0.2, 0.25) is 0 Å².